The number of carbonyl (C=O) groups is 1. The molecule has 0 aliphatic heterocycles. The molecule has 0 aliphatic carbocycles. The third-order valence-electron chi connectivity index (χ3n) is 3.11. The molecule has 0 saturated carbocycles. The fraction of sp³-hybridized carbons (Fsp3) is 0.0667. The summed E-state index contributed by atoms with van der Waals surface area (Å²) in [5.41, 5.74) is 7.63. The van der Waals surface area contributed by atoms with Crippen molar-refractivity contribution in [2.75, 3.05) is 11.1 Å². The Morgan fingerprint density at radius 1 is 1.29 bits per heavy atom. The number of fused-ring (bicyclic) bond motifs is 1. The summed E-state index contributed by atoms with van der Waals surface area (Å²) in [6.07, 6.45) is 1.73. The summed E-state index contributed by atoms with van der Waals surface area (Å²) < 4.78 is 1.64. The molecule has 6 heteroatoms. The first-order valence-corrected chi connectivity index (χ1v) is 6.77. The molecule has 2 aromatic carbocycles. The van der Waals surface area contributed by atoms with E-state index in [-0.39, 0.29) is 12.5 Å². The zero-order valence-electron chi connectivity index (χ0n) is 11.1. The van der Waals surface area contributed by atoms with Gasteiger partial charge in [0.2, 0.25) is 5.91 Å². The molecule has 0 bridgehead atoms. The monoisotopic (exact) mass is 300 g/mol. The van der Waals surface area contributed by atoms with Gasteiger partial charge in [-0.2, -0.15) is 5.10 Å². The van der Waals surface area contributed by atoms with E-state index in [1.54, 1.807) is 29.1 Å². The second kappa shape index (κ2) is 5.46. The van der Waals surface area contributed by atoms with E-state index >= 15 is 0 Å². The summed E-state index contributed by atoms with van der Waals surface area (Å²) in [7, 11) is 0. The molecule has 0 aliphatic rings. The molecule has 0 radical (unpaired) electrons. The normalized spacial score (nSPS) is 10.7. The van der Waals surface area contributed by atoms with Crippen LogP contribution in [0.2, 0.25) is 5.02 Å². The van der Waals surface area contributed by atoms with E-state index in [1.807, 2.05) is 24.3 Å². The molecule has 106 valence electrons. The molecular weight excluding hydrogens is 288 g/mol. The largest absolute Gasteiger partial charge is 0.399 e. The van der Waals surface area contributed by atoms with Gasteiger partial charge in [0.25, 0.3) is 0 Å². The minimum atomic E-state index is -0.212. The van der Waals surface area contributed by atoms with Crippen molar-refractivity contribution in [1.29, 1.82) is 0 Å². The van der Waals surface area contributed by atoms with Gasteiger partial charge in [0.15, 0.2) is 0 Å². The number of nitrogens with two attached hydrogens (primary N) is 1. The Morgan fingerprint density at radius 3 is 2.95 bits per heavy atom. The first kappa shape index (κ1) is 13.5. The SMILES string of the molecule is Nc1ccc(Cl)c(NC(=O)Cn2ncc3ccccc32)c1. The number of aromatic nitrogens is 2. The number of rotatable bonds is 3. The second-order valence-electron chi connectivity index (χ2n) is 4.65. The van der Waals surface area contributed by atoms with Crippen LogP contribution in [0.15, 0.2) is 48.7 Å². The van der Waals surface area contributed by atoms with Crippen LogP contribution in [0.5, 0.6) is 0 Å². The average molecular weight is 301 g/mol. The minimum Gasteiger partial charge on any atom is -0.399 e. The fourth-order valence-corrected chi connectivity index (χ4v) is 2.28. The van der Waals surface area contributed by atoms with Crippen LogP contribution in [0.3, 0.4) is 0 Å². The standard InChI is InChI=1S/C15H13ClN4O/c16-12-6-5-11(17)7-13(12)19-15(21)9-20-14-4-2-1-3-10(14)8-18-20/h1-8H,9,17H2,(H,19,21). The first-order chi connectivity index (χ1) is 10.1. The molecule has 3 N–H and O–H groups in total. The molecule has 0 saturated heterocycles. The van der Waals surface area contributed by atoms with Gasteiger partial charge < -0.3 is 11.1 Å². The molecule has 0 spiro atoms. The lowest BCUT2D eigenvalue weighted by Gasteiger charge is -2.08. The highest BCUT2D eigenvalue weighted by atomic mass is 35.5. The molecule has 5 nitrogen and oxygen atoms in total. The highest BCUT2D eigenvalue weighted by Crippen LogP contribution is 2.24. The van der Waals surface area contributed by atoms with E-state index in [0.29, 0.717) is 16.4 Å². The quantitative estimate of drug-likeness (QED) is 0.730. The summed E-state index contributed by atoms with van der Waals surface area (Å²) in [5.74, 6) is -0.212. The highest BCUT2D eigenvalue weighted by molar-refractivity contribution is 6.33. The van der Waals surface area contributed by atoms with Gasteiger partial charge in [0, 0.05) is 11.1 Å². The van der Waals surface area contributed by atoms with Crippen LogP contribution in [0.4, 0.5) is 11.4 Å². The zero-order valence-corrected chi connectivity index (χ0v) is 11.8. The van der Waals surface area contributed by atoms with E-state index in [9.17, 15) is 4.79 Å². The summed E-state index contributed by atoms with van der Waals surface area (Å²) in [4.78, 5) is 12.1. The predicted molar refractivity (Wildman–Crippen MR) is 84.2 cm³/mol. The number of hydrogen-bond acceptors (Lipinski definition) is 3. The number of nitrogens with one attached hydrogen (secondary N) is 1. The fourth-order valence-electron chi connectivity index (χ4n) is 2.12. The minimum absolute atomic E-state index is 0.110. The lowest BCUT2D eigenvalue weighted by molar-refractivity contribution is -0.116. The molecule has 0 atom stereocenters. The van der Waals surface area contributed by atoms with Crippen molar-refractivity contribution in [1.82, 2.24) is 9.78 Å². The average Bonchev–Trinajstić information content (AvgIpc) is 2.86. The van der Waals surface area contributed by atoms with Gasteiger partial charge in [-0.25, -0.2) is 0 Å². The number of carbonyl (C=O) groups excluding carboxylic acids is 1. The molecule has 1 aromatic heterocycles. The molecule has 1 amide bonds. The van der Waals surface area contributed by atoms with Crippen LogP contribution in [0, 0.1) is 0 Å². The number of nitrogens with zero attached hydrogens (tertiary/aromatic N) is 2. The van der Waals surface area contributed by atoms with Crippen LogP contribution in [-0.4, -0.2) is 15.7 Å². The van der Waals surface area contributed by atoms with E-state index in [2.05, 4.69) is 10.4 Å². The van der Waals surface area contributed by atoms with Crippen molar-refractivity contribution in [3.63, 3.8) is 0 Å². The number of hydrogen-bond donors (Lipinski definition) is 2. The molecule has 0 fully saturated rings. The van der Waals surface area contributed by atoms with Crippen LogP contribution < -0.4 is 11.1 Å². The Bertz CT molecular complexity index is 812. The van der Waals surface area contributed by atoms with Crippen LogP contribution in [0.1, 0.15) is 0 Å². The van der Waals surface area contributed by atoms with E-state index < -0.39 is 0 Å². The van der Waals surface area contributed by atoms with Crippen molar-refractivity contribution in [3.8, 4) is 0 Å². The van der Waals surface area contributed by atoms with Crippen LogP contribution in [0.25, 0.3) is 10.9 Å². The zero-order chi connectivity index (χ0) is 14.8. The summed E-state index contributed by atoms with van der Waals surface area (Å²) in [6.45, 7) is 0.110. The van der Waals surface area contributed by atoms with Crippen LogP contribution in [-0.2, 0) is 11.3 Å². The summed E-state index contributed by atoms with van der Waals surface area (Å²) >= 11 is 6.02. The molecule has 21 heavy (non-hydrogen) atoms. The number of anilines is 2. The lowest BCUT2D eigenvalue weighted by Crippen LogP contribution is -2.19. The maximum Gasteiger partial charge on any atom is 0.246 e. The van der Waals surface area contributed by atoms with Crippen molar-refractivity contribution < 1.29 is 4.79 Å². The van der Waals surface area contributed by atoms with E-state index in [1.165, 1.54) is 0 Å². The van der Waals surface area contributed by atoms with Crippen molar-refractivity contribution in [2.45, 2.75) is 6.54 Å². The first-order valence-electron chi connectivity index (χ1n) is 6.39. The molecule has 1 heterocycles. The van der Waals surface area contributed by atoms with Crippen LogP contribution >= 0.6 is 11.6 Å². The van der Waals surface area contributed by atoms with Crippen molar-refractivity contribution >= 4 is 39.8 Å². The van der Waals surface area contributed by atoms with Gasteiger partial charge in [-0.1, -0.05) is 29.8 Å². The Balaban J connectivity index is 1.79. The third kappa shape index (κ3) is 2.83. The van der Waals surface area contributed by atoms with Gasteiger partial charge in [0.1, 0.15) is 6.54 Å². The summed E-state index contributed by atoms with van der Waals surface area (Å²) in [6, 6.07) is 12.7. The maximum absolute atomic E-state index is 12.1. The second-order valence-corrected chi connectivity index (χ2v) is 5.06. The number of para-hydroxylation sites is 1. The number of amides is 1. The van der Waals surface area contributed by atoms with E-state index in [0.717, 1.165) is 10.9 Å². The van der Waals surface area contributed by atoms with Gasteiger partial charge in [0.05, 0.1) is 22.4 Å². The van der Waals surface area contributed by atoms with Gasteiger partial charge in [-0.15, -0.1) is 0 Å². The topological polar surface area (TPSA) is 72.9 Å². The number of benzene rings is 2. The Morgan fingerprint density at radius 2 is 2.10 bits per heavy atom. The molecular formula is C15H13ClN4O. The van der Waals surface area contributed by atoms with Gasteiger partial charge >= 0.3 is 0 Å². The van der Waals surface area contributed by atoms with Gasteiger partial charge in [-0.3, -0.25) is 9.48 Å². The molecule has 3 aromatic rings. The van der Waals surface area contributed by atoms with Crippen molar-refractivity contribution in [3.05, 3.63) is 53.7 Å². The molecule has 3 rings (SSSR count). The highest BCUT2D eigenvalue weighted by Gasteiger charge is 2.09. The number of nitrogen functional groups attached to an aromatic ring is 1. The maximum atomic E-state index is 12.1. The van der Waals surface area contributed by atoms with Gasteiger partial charge in [-0.05, 0) is 24.3 Å². The Labute approximate surface area is 126 Å². The van der Waals surface area contributed by atoms with E-state index in [4.69, 9.17) is 17.3 Å². The summed E-state index contributed by atoms with van der Waals surface area (Å²) in [5, 5.41) is 8.40. The smallest absolute Gasteiger partial charge is 0.246 e. The predicted octanol–water partition coefficient (Wildman–Crippen LogP) is 2.91. The number of halogens is 1. The Kier molecular flexibility index (Phi) is 3.50. The third-order valence-corrected chi connectivity index (χ3v) is 3.44. The molecule has 0 unspecified atom stereocenters. The Hall–Kier alpha value is -2.53. The van der Waals surface area contributed by atoms with Crippen molar-refractivity contribution in [2.24, 2.45) is 0 Å². The lowest BCUT2D eigenvalue weighted by atomic mass is 10.2.